The quantitative estimate of drug-likeness (QED) is 0.442. The number of hydrogen-bond donors (Lipinski definition) is 5. The maximum atomic E-state index is 12.2. The summed E-state index contributed by atoms with van der Waals surface area (Å²) in [6, 6.07) is 1.20. The first-order valence-corrected chi connectivity index (χ1v) is 7.15. The fourth-order valence-electron chi connectivity index (χ4n) is 3.01. The van der Waals surface area contributed by atoms with Gasteiger partial charge in [0.2, 0.25) is 0 Å². The van der Waals surface area contributed by atoms with Crippen LogP contribution in [0.5, 0.6) is 0 Å². The van der Waals surface area contributed by atoms with Gasteiger partial charge in [0.25, 0.3) is 0 Å². The maximum Gasteiger partial charge on any atom is 0.191 e. The van der Waals surface area contributed by atoms with E-state index in [4.69, 9.17) is 4.42 Å². The molecule has 2 aliphatic rings. The molecule has 120 valence electrons. The average Bonchev–Trinajstić information content (AvgIpc) is 2.42. The highest BCUT2D eigenvalue weighted by Gasteiger charge is 2.33. The van der Waals surface area contributed by atoms with E-state index in [0.717, 1.165) is 0 Å². The van der Waals surface area contributed by atoms with Crippen LogP contribution in [-0.2, 0) is 6.42 Å². The van der Waals surface area contributed by atoms with Crippen molar-refractivity contribution in [1.29, 1.82) is 0 Å². The Morgan fingerprint density at radius 1 is 1.09 bits per heavy atom. The molecule has 1 aromatic heterocycles. The molecule has 0 aliphatic heterocycles. The lowest BCUT2D eigenvalue weighted by molar-refractivity contribution is -0.0437. The zero-order valence-corrected chi connectivity index (χ0v) is 11.7. The van der Waals surface area contributed by atoms with Gasteiger partial charge in [0, 0.05) is 25.3 Å². The van der Waals surface area contributed by atoms with Crippen molar-refractivity contribution in [2.75, 3.05) is 0 Å². The molecular weight excluding hydrogens is 292 g/mol. The van der Waals surface area contributed by atoms with Gasteiger partial charge in [-0.05, 0) is 11.6 Å². The van der Waals surface area contributed by atoms with Crippen LogP contribution in [0, 0.1) is 0 Å². The molecule has 0 bridgehead atoms. The first-order valence-electron chi connectivity index (χ1n) is 7.15. The van der Waals surface area contributed by atoms with E-state index in [-0.39, 0.29) is 36.3 Å². The van der Waals surface area contributed by atoms with Gasteiger partial charge in [0.05, 0.1) is 23.9 Å². The third-order valence-electron chi connectivity index (χ3n) is 4.17. The van der Waals surface area contributed by atoms with Crippen molar-refractivity contribution in [3.8, 4) is 0 Å². The van der Waals surface area contributed by atoms with Gasteiger partial charge in [-0.15, -0.1) is 0 Å². The Kier molecular flexibility index (Phi) is 3.92. The van der Waals surface area contributed by atoms with Crippen molar-refractivity contribution < 1.29 is 29.9 Å². The third kappa shape index (κ3) is 2.62. The summed E-state index contributed by atoms with van der Waals surface area (Å²) in [7, 11) is 0. The van der Waals surface area contributed by atoms with Gasteiger partial charge in [-0.1, -0.05) is 0 Å². The van der Waals surface area contributed by atoms with Crippen molar-refractivity contribution in [1.82, 2.24) is 0 Å². The lowest BCUT2D eigenvalue weighted by Gasteiger charge is -2.28. The number of rotatable bonds is 1. The fraction of sp³-hybridized carbons (Fsp3) is 0.533. The predicted octanol–water partition coefficient (Wildman–Crippen LogP) is -1.15. The minimum absolute atomic E-state index is 0.0328. The van der Waals surface area contributed by atoms with Gasteiger partial charge in [-0.3, -0.25) is 4.79 Å². The standard InChI is InChI=1S/C15H18O7/c16-7-3-8(17)14-9(18)5-12(22-13(14)4-7)6-1-10(19)15(21)11(20)2-6/h1,5,7-8,10-11,15-17,19-21H,2-4H2/t7-,8+,10-,11+,15?/m1/s1. The van der Waals surface area contributed by atoms with Crippen LogP contribution in [0.15, 0.2) is 21.4 Å². The van der Waals surface area contributed by atoms with Crippen LogP contribution in [0.1, 0.15) is 36.0 Å². The molecule has 7 heteroatoms. The molecule has 0 aromatic carbocycles. The second kappa shape index (κ2) is 5.60. The highest BCUT2D eigenvalue weighted by atomic mass is 16.4. The van der Waals surface area contributed by atoms with E-state index in [1.165, 1.54) is 12.1 Å². The second-order valence-electron chi connectivity index (χ2n) is 5.87. The molecule has 3 rings (SSSR count). The van der Waals surface area contributed by atoms with E-state index in [0.29, 0.717) is 5.57 Å². The number of aliphatic hydroxyl groups is 5. The molecule has 1 aromatic rings. The van der Waals surface area contributed by atoms with Gasteiger partial charge in [0.15, 0.2) is 5.43 Å². The first kappa shape index (κ1) is 15.4. The summed E-state index contributed by atoms with van der Waals surface area (Å²) >= 11 is 0. The summed E-state index contributed by atoms with van der Waals surface area (Å²) in [4.78, 5) is 12.2. The minimum atomic E-state index is -1.28. The number of fused-ring (bicyclic) bond motifs is 1. The zero-order valence-electron chi connectivity index (χ0n) is 11.7. The summed E-state index contributed by atoms with van der Waals surface area (Å²) in [5.74, 6) is 0.375. The molecular formula is C15H18O7. The van der Waals surface area contributed by atoms with Crippen molar-refractivity contribution >= 4 is 5.57 Å². The predicted molar refractivity (Wildman–Crippen MR) is 74.9 cm³/mol. The van der Waals surface area contributed by atoms with E-state index in [1.807, 2.05) is 0 Å². The Morgan fingerprint density at radius 3 is 2.50 bits per heavy atom. The topological polar surface area (TPSA) is 131 Å². The molecule has 5 atom stereocenters. The van der Waals surface area contributed by atoms with E-state index >= 15 is 0 Å². The molecule has 22 heavy (non-hydrogen) atoms. The average molecular weight is 310 g/mol. The smallest absolute Gasteiger partial charge is 0.191 e. The van der Waals surface area contributed by atoms with Crippen molar-refractivity contribution in [3.63, 3.8) is 0 Å². The van der Waals surface area contributed by atoms with Gasteiger partial charge >= 0.3 is 0 Å². The van der Waals surface area contributed by atoms with Gasteiger partial charge in [-0.25, -0.2) is 0 Å². The fourth-order valence-corrected chi connectivity index (χ4v) is 3.01. The summed E-state index contributed by atoms with van der Waals surface area (Å²) in [5.41, 5.74) is 0.137. The molecule has 0 radical (unpaired) electrons. The molecule has 0 spiro atoms. The highest BCUT2D eigenvalue weighted by Crippen LogP contribution is 2.32. The molecule has 2 aliphatic carbocycles. The SMILES string of the molecule is O=c1cc(C2=C[C@@H](O)C(O)[C@@H](O)C2)oc2c1[C@@H](O)C[C@@H](O)C2. The summed E-state index contributed by atoms with van der Waals surface area (Å²) in [6.45, 7) is 0. The first-order chi connectivity index (χ1) is 10.4. The Morgan fingerprint density at radius 2 is 1.82 bits per heavy atom. The minimum Gasteiger partial charge on any atom is -0.461 e. The second-order valence-corrected chi connectivity index (χ2v) is 5.87. The number of hydrogen-bond acceptors (Lipinski definition) is 7. The Hall–Kier alpha value is -1.51. The van der Waals surface area contributed by atoms with Crippen LogP contribution < -0.4 is 5.43 Å². The zero-order chi connectivity index (χ0) is 16.0. The van der Waals surface area contributed by atoms with Crippen molar-refractivity contribution in [2.45, 2.75) is 49.8 Å². The molecule has 0 fully saturated rings. The molecule has 7 nitrogen and oxygen atoms in total. The summed E-state index contributed by atoms with van der Waals surface area (Å²) < 4.78 is 5.60. The highest BCUT2D eigenvalue weighted by molar-refractivity contribution is 5.64. The Labute approximate surface area is 125 Å². The normalized spacial score (nSPS) is 35.0. The third-order valence-corrected chi connectivity index (χ3v) is 4.17. The molecule has 0 saturated heterocycles. The molecule has 0 saturated carbocycles. The van der Waals surface area contributed by atoms with Crippen LogP contribution in [0.3, 0.4) is 0 Å². The van der Waals surface area contributed by atoms with Crippen LogP contribution in [0.4, 0.5) is 0 Å². The van der Waals surface area contributed by atoms with Crippen LogP contribution >= 0.6 is 0 Å². The Bertz CT molecular complexity index is 662. The summed E-state index contributed by atoms with van der Waals surface area (Å²) in [5, 5.41) is 48.5. The van der Waals surface area contributed by atoms with E-state index < -0.39 is 35.9 Å². The van der Waals surface area contributed by atoms with Crippen LogP contribution in [0.2, 0.25) is 0 Å². The van der Waals surface area contributed by atoms with Crippen molar-refractivity contribution in [3.05, 3.63) is 39.4 Å². The van der Waals surface area contributed by atoms with Crippen LogP contribution in [0.25, 0.3) is 5.57 Å². The Balaban J connectivity index is 2.03. The summed E-state index contributed by atoms with van der Waals surface area (Å²) in [6.07, 6.45) is -3.98. The molecule has 1 unspecified atom stereocenters. The molecule has 0 amide bonds. The monoisotopic (exact) mass is 310 g/mol. The van der Waals surface area contributed by atoms with E-state index in [9.17, 15) is 30.3 Å². The van der Waals surface area contributed by atoms with Crippen molar-refractivity contribution in [2.24, 2.45) is 0 Å². The van der Waals surface area contributed by atoms with E-state index in [1.54, 1.807) is 0 Å². The van der Waals surface area contributed by atoms with Gasteiger partial charge < -0.3 is 29.9 Å². The largest absolute Gasteiger partial charge is 0.461 e. The molecule has 5 N–H and O–H groups in total. The number of aliphatic hydroxyl groups excluding tert-OH is 5. The lowest BCUT2D eigenvalue weighted by atomic mass is 9.89. The van der Waals surface area contributed by atoms with Crippen LogP contribution in [-0.4, -0.2) is 49.9 Å². The lowest BCUT2D eigenvalue weighted by Crippen LogP contribution is -2.39. The maximum absolute atomic E-state index is 12.2. The van der Waals surface area contributed by atoms with Gasteiger partial charge in [0.1, 0.15) is 23.7 Å². The molecule has 1 heterocycles. The van der Waals surface area contributed by atoms with E-state index in [2.05, 4.69) is 0 Å². The van der Waals surface area contributed by atoms with Gasteiger partial charge in [-0.2, -0.15) is 0 Å².